The lowest BCUT2D eigenvalue weighted by molar-refractivity contribution is 0.0670. The van der Waals surface area contributed by atoms with Crippen LogP contribution in [-0.4, -0.2) is 55.3 Å². The minimum atomic E-state index is -0.0876. The first-order valence-corrected chi connectivity index (χ1v) is 9.36. The van der Waals surface area contributed by atoms with Gasteiger partial charge < -0.3 is 14.8 Å². The standard InChI is InChI=1S/C20H32N2O3/c1-15(2)22(16(3)4)12-11-21-20(23)18-9-5-6-10-19(18)25-14-17-8-7-13-24-17/h5-6,9-10,15-17H,7-8,11-14H2,1-4H3,(H,21,23). The molecule has 5 heteroatoms. The number of ether oxygens (including phenoxy) is 2. The predicted molar refractivity (Wildman–Crippen MR) is 100 cm³/mol. The number of rotatable bonds is 9. The Labute approximate surface area is 151 Å². The third-order valence-electron chi connectivity index (χ3n) is 4.56. The van der Waals surface area contributed by atoms with Crippen LogP contribution in [0.1, 0.15) is 50.9 Å². The minimum Gasteiger partial charge on any atom is -0.490 e. The average Bonchev–Trinajstić information content (AvgIpc) is 3.09. The number of hydrogen-bond acceptors (Lipinski definition) is 4. The molecule has 1 aliphatic heterocycles. The van der Waals surface area contributed by atoms with Crippen molar-refractivity contribution in [2.24, 2.45) is 0 Å². The van der Waals surface area contributed by atoms with E-state index in [1.165, 1.54) is 0 Å². The van der Waals surface area contributed by atoms with Gasteiger partial charge in [0, 0.05) is 31.8 Å². The smallest absolute Gasteiger partial charge is 0.255 e. The van der Waals surface area contributed by atoms with Gasteiger partial charge in [0.2, 0.25) is 0 Å². The Kier molecular flexibility index (Phi) is 7.72. The SMILES string of the molecule is CC(C)N(CCNC(=O)c1ccccc1OCC1CCCO1)C(C)C. The van der Waals surface area contributed by atoms with Gasteiger partial charge in [-0.2, -0.15) is 0 Å². The van der Waals surface area contributed by atoms with E-state index in [1.807, 2.05) is 24.3 Å². The molecule has 1 N–H and O–H groups in total. The van der Waals surface area contributed by atoms with Crippen LogP contribution >= 0.6 is 0 Å². The second-order valence-corrected chi connectivity index (χ2v) is 7.12. The van der Waals surface area contributed by atoms with Crippen molar-refractivity contribution in [3.05, 3.63) is 29.8 Å². The molecule has 140 valence electrons. The Morgan fingerprint density at radius 1 is 1.28 bits per heavy atom. The van der Waals surface area contributed by atoms with Crippen LogP contribution < -0.4 is 10.1 Å². The molecule has 1 heterocycles. The highest BCUT2D eigenvalue weighted by Crippen LogP contribution is 2.20. The normalized spacial score (nSPS) is 17.5. The Morgan fingerprint density at radius 3 is 2.64 bits per heavy atom. The van der Waals surface area contributed by atoms with Crippen LogP contribution in [0.15, 0.2) is 24.3 Å². The van der Waals surface area contributed by atoms with Crippen LogP contribution in [0.5, 0.6) is 5.75 Å². The first-order valence-electron chi connectivity index (χ1n) is 9.36. The van der Waals surface area contributed by atoms with E-state index in [1.54, 1.807) is 0 Å². The zero-order valence-electron chi connectivity index (χ0n) is 16.0. The molecular formula is C20H32N2O3. The summed E-state index contributed by atoms with van der Waals surface area (Å²) in [5.41, 5.74) is 0.584. The van der Waals surface area contributed by atoms with Crippen LogP contribution in [-0.2, 0) is 4.74 Å². The van der Waals surface area contributed by atoms with Gasteiger partial charge in [0.1, 0.15) is 12.4 Å². The molecule has 0 aromatic heterocycles. The highest BCUT2D eigenvalue weighted by atomic mass is 16.5. The highest BCUT2D eigenvalue weighted by Gasteiger charge is 2.19. The van der Waals surface area contributed by atoms with Gasteiger partial charge in [-0.05, 0) is 52.7 Å². The summed E-state index contributed by atoms with van der Waals surface area (Å²) in [4.78, 5) is 14.9. The van der Waals surface area contributed by atoms with Crippen molar-refractivity contribution < 1.29 is 14.3 Å². The Morgan fingerprint density at radius 2 is 2.00 bits per heavy atom. The topological polar surface area (TPSA) is 50.8 Å². The monoisotopic (exact) mass is 348 g/mol. The molecule has 1 saturated heterocycles. The summed E-state index contributed by atoms with van der Waals surface area (Å²) in [5, 5.41) is 3.02. The maximum absolute atomic E-state index is 12.5. The molecule has 0 bridgehead atoms. The van der Waals surface area contributed by atoms with Gasteiger partial charge in [-0.25, -0.2) is 0 Å². The second kappa shape index (κ2) is 9.78. The van der Waals surface area contributed by atoms with Crippen molar-refractivity contribution in [1.82, 2.24) is 10.2 Å². The molecule has 1 atom stereocenters. The number of para-hydroxylation sites is 1. The fourth-order valence-electron chi connectivity index (χ4n) is 3.25. The van der Waals surface area contributed by atoms with Crippen molar-refractivity contribution >= 4 is 5.91 Å². The zero-order chi connectivity index (χ0) is 18.2. The van der Waals surface area contributed by atoms with Gasteiger partial charge in [-0.3, -0.25) is 9.69 Å². The number of carbonyl (C=O) groups is 1. The molecule has 0 radical (unpaired) electrons. The Bertz CT molecular complexity index is 531. The van der Waals surface area contributed by atoms with Crippen molar-refractivity contribution in [2.75, 3.05) is 26.3 Å². The van der Waals surface area contributed by atoms with Gasteiger partial charge in [0.15, 0.2) is 0 Å². The molecule has 1 aliphatic rings. The molecular weight excluding hydrogens is 316 g/mol. The molecule has 2 rings (SSSR count). The zero-order valence-corrected chi connectivity index (χ0v) is 16.0. The molecule has 1 unspecified atom stereocenters. The third-order valence-corrected chi connectivity index (χ3v) is 4.56. The molecule has 5 nitrogen and oxygen atoms in total. The fraction of sp³-hybridized carbons (Fsp3) is 0.650. The third kappa shape index (κ3) is 6.01. The molecule has 1 aromatic rings. The molecule has 1 amide bonds. The van der Waals surface area contributed by atoms with E-state index in [4.69, 9.17) is 9.47 Å². The van der Waals surface area contributed by atoms with Crippen LogP contribution in [0.25, 0.3) is 0 Å². The lowest BCUT2D eigenvalue weighted by Gasteiger charge is -2.30. The van der Waals surface area contributed by atoms with E-state index in [-0.39, 0.29) is 12.0 Å². The van der Waals surface area contributed by atoms with Crippen molar-refractivity contribution in [3.8, 4) is 5.75 Å². The van der Waals surface area contributed by atoms with Gasteiger partial charge in [0.05, 0.1) is 11.7 Å². The van der Waals surface area contributed by atoms with Gasteiger partial charge in [-0.1, -0.05) is 12.1 Å². The van der Waals surface area contributed by atoms with E-state index in [2.05, 4.69) is 37.9 Å². The molecule has 1 fully saturated rings. The van der Waals surface area contributed by atoms with E-state index in [0.29, 0.717) is 36.5 Å². The van der Waals surface area contributed by atoms with Crippen molar-refractivity contribution in [3.63, 3.8) is 0 Å². The van der Waals surface area contributed by atoms with Crippen molar-refractivity contribution in [2.45, 2.75) is 58.7 Å². The number of amides is 1. The first kappa shape index (κ1) is 19.7. The summed E-state index contributed by atoms with van der Waals surface area (Å²) in [6.45, 7) is 11.5. The lowest BCUT2D eigenvalue weighted by atomic mass is 10.2. The molecule has 0 saturated carbocycles. The van der Waals surface area contributed by atoms with Crippen LogP contribution in [0.2, 0.25) is 0 Å². The molecule has 1 aromatic carbocycles. The highest BCUT2D eigenvalue weighted by molar-refractivity contribution is 5.96. The van der Waals surface area contributed by atoms with E-state index >= 15 is 0 Å². The Hall–Kier alpha value is -1.59. The van der Waals surface area contributed by atoms with E-state index in [9.17, 15) is 4.79 Å². The van der Waals surface area contributed by atoms with Gasteiger partial charge in [0.25, 0.3) is 5.91 Å². The minimum absolute atomic E-state index is 0.0876. The number of nitrogens with zero attached hydrogens (tertiary/aromatic N) is 1. The number of hydrogen-bond donors (Lipinski definition) is 1. The van der Waals surface area contributed by atoms with Crippen molar-refractivity contribution in [1.29, 1.82) is 0 Å². The predicted octanol–water partition coefficient (Wildman–Crippen LogP) is 3.09. The van der Waals surface area contributed by atoms with Gasteiger partial charge >= 0.3 is 0 Å². The van der Waals surface area contributed by atoms with Gasteiger partial charge in [-0.15, -0.1) is 0 Å². The number of nitrogens with one attached hydrogen (secondary N) is 1. The van der Waals surface area contributed by atoms with Crippen LogP contribution in [0.4, 0.5) is 0 Å². The largest absolute Gasteiger partial charge is 0.490 e. The maximum atomic E-state index is 12.5. The average molecular weight is 348 g/mol. The second-order valence-electron chi connectivity index (χ2n) is 7.12. The molecule has 0 spiro atoms. The van der Waals surface area contributed by atoms with Crippen LogP contribution in [0.3, 0.4) is 0 Å². The maximum Gasteiger partial charge on any atom is 0.255 e. The first-order chi connectivity index (χ1) is 12.0. The summed E-state index contributed by atoms with van der Waals surface area (Å²) in [5.74, 6) is 0.537. The summed E-state index contributed by atoms with van der Waals surface area (Å²) in [6, 6.07) is 8.32. The summed E-state index contributed by atoms with van der Waals surface area (Å²) in [7, 11) is 0. The Balaban J connectivity index is 1.88. The molecule has 25 heavy (non-hydrogen) atoms. The summed E-state index contributed by atoms with van der Waals surface area (Å²) < 4.78 is 11.4. The summed E-state index contributed by atoms with van der Waals surface area (Å²) >= 11 is 0. The fourth-order valence-corrected chi connectivity index (χ4v) is 3.25. The molecule has 0 aliphatic carbocycles. The van der Waals surface area contributed by atoms with Crippen LogP contribution in [0, 0.1) is 0 Å². The van der Waals surface area contributed by atoms with E-state index in [0.717, 1.165) is 26.0 Å². The quantitative estimate of drug-likeness (QED) is 0.745. The lowest BCUT2D eigenvalue weighted by Crippen LogP contribution is -2.42. The van der Waals surface area contributed by atoms with E-state index < -0.39 is 0 Å². The number of benzene rings is 1. The summed E-state index contributed by atoms with van der Waals surface area (Å²) in [6.07, 6.45) is 2.24. The number of carbonyl (C=O) groups excluding carboxylic acids is 1.